The second-order valence-electron chi connectivity index (χ2n) is 9.15. The number of hydrogen-bond acceptors (Lipinski definition) is 7. The zero-order valence-electron chi connectivity index (χ0n) is 21.4. The minimum atomic E-state index is -0.709. The number of aryl methyl sites for hydroxylation is 1. The second-order valence-corrected chi connectivity index (χ2v) is 9.15. The molecule has 2 heterocycles. The number of ketones is 1. The largest absolute Gasteiger partial charge is 0.507 e. The fraction of sp³-hybridized carbons (Fsp3) is 0.379. The first-order valence-electron chi connectivity index (χ1n) is 12.5. The Hall–Kier alpha value is -3.62. The normalized spacial score (nSPS) is 19.7. The Bertz CT molecular complexity index is 1170. The molecule has 2 aromatic carbocycles. The van der Waals surface area contributed by atoms with Gasteiger partial charge in [0.15, 0.2) is 0 Å². The number of likely N-dealkylation sites (tertiary alicyclic amines) is 1. The van der Waals surface area contributed by atoms with Gasteiger partial charge < -0.3 is 24.2 Å². The molecule has 0 aromatic heterocycles. The van der Waals surface area contributed by atoms with Gasteiger partial charge in [-0.1, -0.05) is 24.8 Å². The highest BCUT2D eigenvalue weighted by molar-refractivity contribution is 6.46. The number of Topliss-reactive ketones (excluding diaryl/α,β-unsaturated/α-hetero) is 1. The first-order chi connectivity index (χ1) is 17.9. The summed E-state index contributed by atoms with van der Waals surface area (Å²) in [6, 6.07) is 11.8. The molecule has 2 saturated heterocycles. The Morgan fingerprint density at radius 1 is 1.11 bits per heavy atom. The van der Waals surface area contributed by atoms with Gasteiger partial charge in [-0.2, -0.15) is 0 Å². The van der Waals surface area contributed by atoms with E-state index in [0.717, 1.165) is 30.8 Å². The number of hydrogen-bond donors (Lipinski definition) is 1. The van der Waals surface area contributed by atoms with E-state index in [9.17, 15) is 14.7 Å². The van der Waals surface area contributed by atoms with Crippen LogP contribution in [0.4, 0.5) is 0 Å². The van der Waals surface area contributed by atoms with Gasteiger partial charge in [-0.05, 0) is 54.8 Å². The summed E-state index contributed by atoms with van der Waals surface area (Å²) in [5.41, 5.74) is 2.04. The van der Waals surface area contributed by atoms with Crippen molar-refractivity contribution < 1.29 is 28.9 Å². The van der Waals surface area contributed by atoms with Crippen LogP contribution in [0.25, 0.3) is 5.76 Å². The Labute approximate surface area is 217 Å². The number of aliphatic hydroxyl groups is 1. The summed E-state index contributed by atoms with van der Waals surface area (Å²) in [4.78, 5) is 30.4. The highest BCUT2D eigenvalue weighted by atomic mass is 16.5. The third kappa shape index (κ3) is 5.87. The summed E-state index contributed by atoms with van der Waals surface area (Å²) >= 11 is 0. The highest BCUT2D eigenvalue weighted by Gasteiger charge is 2.46. The Morgan fingerprint density at radius 2 is 1.81 bits per heavy atom. The molecule has 1 N–H and O–H groups in total. The van der Waals surface area contributed by atoms with Crippen LogP contribution in [0.3, 0.4) is 0 Å². The quantitative estimate of drug-likeness (QED) is 0.227. The van der Waals surface area contributed by atoms with Crippen LogP contribution in [0, 0.1) is 6.92 Å². The van der Waals surface area contributed by atoms with Crippen LogP contribution in [0.5, 0.6) is 11.5 Å². The smallest absolute Gasteiger partial charge is 0.295 e. The third-order valence-electron chi connectivity index (χ3n) is 6.77. The van der Waals surface area contributed by atoms with Crippen LogP contribution in [0.2, 0.25) is 0 Å². The molecule has 196 valence electrons. The molecule has 0 bridgehead atoms. The van der Waals surface area contributed by atoms with E-state index in [1.165, 1.54) is 0 Å². The molecule has 8 heteroatoms. The first-order valence-corrected chi connectivity index (χ1v) is 12.5. The molecular formula is C29H34N2O6. The molecule has 2 aromatic rings. The van der Waals surface area contributed by atoms with Gasteiger partial charge in [0, 0.05) is 31.7 Å². The zero-order valence-corrected chi connectivity index (χ0v) is 21.4. The Morgan fingerprint density at radius 3 is 2.46 bits per heavy atom. The molecule has 8 nitrogen and oxygen atoms in total. The molecule has 4 rings (SSSR count). The van der Waals surface area contributed by atoms with Crippen LogP contribution in [-0.4, -0.2) is 79.7 Å². The number of carbonyl (C=O) groups is 2. The maximum absolute atomic E-state index is 13.3. The summed E-state index contributed by atoms with van der Waals surface area (Å²) in [5.74, 6) is -0.183. The molecule has 0 saturated carbocycles. The Balaban J connectivity index is 1.68. The van der Waals surface area contributed by atoms with Gasteiger partial charge in [-0.3, -0.25) is 14.5 Å². The van der Waals surface area contributed by atoms with Gasteiger partial charge in [0.1, 0.15) is 23.9 Å². The van der Waals surface area contributed by atoms with E-state index < -0.39 is 17.7 Å². The van der Waals surface area contributed by atoms with Crippen LogP contribution in [-0.2, 0) is 14.3 Å². The van der Waals surface area contributed by atoms with Crippen molar-refractivity contribution in [1.82, 2.24) is 9.80 Å². The van der Waals surface area contributed by atoms with Crippen molar-refractivity contribution in [2.75, 3.05) is 53.1 Å². The number of nitrogens with zero attached hydrogens (tertiary/aromatic N) is 2. The van der Waals surface area contributed by atoms with Gasteiger partial charge in [-0.15, -0.1) is 0 Å². The number of benzene rings is 2. The van der Waals surface area contributed by atoms with E-state index in [1.54, 1.807) is 48.4 Å². The van der Waals surface area contributed by atoms with Crippen molar-refractivity contribution in [3.8, 4) is 11.5 Å². The van der Waals surface area contributed by atoms with E-state index in [2.05, 4.69) is 11.5 Å². The number of rotatable bonds is 10. The predicted octanol–water partition coefficient (Wildman–Crippen LogP) is 3.71. The number of aliphatic hydroxyl groups excluding tert-OH is 1. The molecule has 1 unspecified atom stereocenters. The zero-order chi connectivity index (χ0) is 26.4. The second kappa shape index (κ2) is 12.1. The summed E-state index contributed by atoms with van der Waals surface area (Å²) in [6.07, 6.45) is 2.36. The van der Waals surface area contributed by atoms with Crippen molar-refractivity contribution in [1.29, 1.82) is 0 Å². The molecule has 2 aliphatic rings. The fourth-order valence-electron chi connectivity index (χ4n) is 4.82. The number of amides is 1. The van der Waals surface area contributed by atoms with E-state index >= 15 is 0 Å². The molecule has 0 aliphatic carbocycles. The standard InChI is InChI=1S/C29H34N2O6/c1-4-16-37-22-8-6-21(7-9-22)26-25(27(32)24-11-10-23(35-3)19-20(24)2)28(33)29(34)31(26)13-5-12-30-14-17-36-18-15-30/h4,6-11,19,26,32H,1,5,12-18H2,2-3H3. The fourth-order valence-corrected chi connectivity index (χ4v) is 4.82. The minimum Gasteiger partial charge on any atom is -0.507 e. The number of morpholine rings is 1. The molecular weight excluding hydrogens is 472 g/mol. The Kier molecular flexibility index (Phi) is 8.63. The van der Waals surface area contributed by atoms with E-state index in [0.29, 0.717) is 49.8 Å². The van der Waals surface area contributed by atoms with Crippen LogP contribution in [0.15, 0.2) is 60.7 Å². The maximum atomic E-state index is 13.3. The molecule has 1 atom stereocenters. The molecule has 2 aliphatic heterocycles. The van der Waals surface area contributed by atoms with Crippen LogP contribution in [0.1, 0.15) is 29.2 Å². The highest BCUT2D eigenvalue weighted by Crippen LogP contribution is 2.40. The van der Waals surface area contributed by atoms with Gasteiger partial charge in [0.25, 0.3) is 11.7 Å². The van der Waals surface area contributed by atoms with Crippen LogP contribution < -0.4 is 9.47 Å². The third-order valence-corrected chi connectivity index (χ3v) is 6.77. The lowest BCUT2D eigenvalue weighted by atomic mass is 9.93. The monoisotopic (exact) mass is 506 g/mol. The van der Waals surface area contributed by atoms with Gasteiger partial charge in [-0.25, -0.2) is 0 Å². The van der Waals surface area contributed by atoms with E-state index in [-0.39, 0.29) is 11.3 Å². The summed E-state index contributed by atoms with van der Waals surface area (Å²) < 4.78 is 16.3. The average Bonchev–Trinajstić information content (AvgIpc) is 3.17. The average molecular weight is 507 g/mol. The first kappa shape index (κ1) is 26.4. The van der Waals surface area contributed by atoms with Crippen molar-refractivity contribution in [2.24, 2.45) is 0 Å². The lowest BCUT2D eigenvalue weighted by Crippen LogP contribution is -2.38. The SMILES string of the molecule is C=CCOc1ccc(C2C(=C(O)c3ccc(OC)cc3C)C(=O)C(=O)N2CCCN2CCOCC2)cc1. The lowest BCUT2D eigenvalue weighted by Gasteiger charge is -2.29. The maximum Gasteiger partial charge on any atom is 0.295 e. The van der Waals surface area contributed by atoms with Gasteiger partial charge in [0.2, 0.25) is 0 Å². The van der Waals surface area contributed by atoms with Crippen molar-refractivity contribution in [3.05, 3.63) is 77.4 Å². The summed E-state index contributed by atoms with van der Waals surface area (Å²) in [6.45, 7) is 10.2. The van der Waals surface area contributed by atoms with Crippen LogP contribution >= 0.6 is 0 Å². The van der Waals surface area contributed by atoms with Gasteiger partial charge >= 0.3 is 0 Å². The lowest BCUT2D eigenvalue weighted by molar-refractivity contribution is -0.140. The van der Waals surface area contributed by atoms with Crippen molar-refractivity contribution in [2.45, 2.75) is 19.4 Å². The summed E-state index contributed by atoms with van der Waals surface area (Å²) in [5, 5.41) is 11.4. The number of ether oxygens (including phenoxy) is 3. The summed E-state index contributed by atoms with van der Waals surface area (Å²) in [7, 11) is 1.57. The molecule has 37 heavy (non-hydrogen) atoms. The van der Waals surface area contributed by atoms with Crippen molar-refractivity contribution in [3.63, 3.8) is 0 Å². The molecule has 1 amide bonds. The molecule has 0 radical (unpaired) electrons. The molecule has 0 spiro atoms. The van der Waals surface area contributed by atoms with E-state index in [4.69, 9.17) is 14.2 Å². The number of carbonyl (C=O) groups excluding carboxylic acids is 2. The topological polar surface area (TPSA) is 88.5 Å². The number of methoxy groups -OCH3 is 1. The molecule has 2 fully saturated rings. The van der Waals surface area contributed by atoms with E-state index in [1.807, 2.05) is 19.1 Å². The predicted molar refractivity (Wildman–Crippen MR) is 141 cm³/mol. The van der Waals surface area contributed by atoms with Crippen molar-refractivity contribution >= 4 is 17.4 Å². The minimum absolute atomic E-state index is 0.0874. The van der Waals surface area contributed by atoms with Gasteiger partial charge in [0.05, 0.1) is 31.9 Å².